The molecule has 4 rings (SSSR count). The number of H-pyrrole nitrogens is 1. The molecule has 1 N–H and O–H groups in total. The highest BCUT2D eigenvalue weighted by molar-refractivity contribution is 5.88. The molecule has 0 saturated carbocycles. The lowest BCUT2D eigenvalue weighted by Gasteiger charge is -2.05. The standard InChI is InChI=1S/C18H13N3/c1-2-6-13(7-3-1)17-18(20-11-10-19-17)16-12-14-8-4-5-9-15(14)21-16/h1-12,21H. The van der Waals surface area contributed by atoms with Gasteiger partial charge >= 0.3 is 0 Å². The van der Waals surface area contributed by atoms with Gasteiger partial charge in [0.2, 0.25) is 0 Å². The number of aromatic nitrogens is 3. The topological polar surface area (TPSA) is 41.6 Å². The maximum Gasteiger partial charge on any atom is 0.113 e. The highest BCUT2D eigenvalue weighted by Gasteiger charge is 2.11. The molecule has 2 heterocycles. The van der Waals surface area contributed by atoms with E-state index in [4.69, 9.17) is 0 Å². The number of benzene rings is 2. The fourth-order valence-electron chi connectivity index (χ4n) is 2.54. The predicted molar refractivity (Wildman–Crippen MR) is 84.8 cm³/mol. The van der Waals surface area contributed by atoms with E-state index < -0.39 is 0 Å². The summed E-state index contributed by atoms with van der Waals surface area (Å²) in [6.45, 7) is 0. The SMILES string of the molecule is c1ccc(-c2nccnc2-c2cc3ccccc3[nH]2)cc1. The van der Waals surface area contributed by atoms with Crippen molar-refractivity contribution in [2.75, 3.05) is 0 Å². The van der Waals surface area contributed by atoms with Crippen LogP contribution in [0.4, 0.5) is 0 Å². The number of aromatic amines is 1. The largest absolute Gasteiger partial charge is 0.353 e. The smallest absolute Gasteiger partial charge is 0.113 e. The van der Waals surface area contributed by atoms with Crippen LogP contribution in [-0.4, -0.2) is 15.0 Å². The molecule has 2 aromatic heterocycles. The molecule has 4 aromatic rings. The monoisotopic (exact) mass is 271 g/mol. The van der Waals surface area contributed by atoms with E-state index in [2.05, 4.69) is 45.3 Å². The van der Waals surface area contributed by atoms with Crippen LogP contribution >= 0.6 is 0 Å². The zero-order chi connectivity index (χ0) is 14.1. The average molecular weight is 271 g/mol. The highest BCUT2D eigenvalue weighted by atomic mass is 14.8. The summed E-state index contributed by atoms with van der Waals surface area (Å²) in [5.74, 6) is 0. The number of hydrogen-bond donors (Lipinski definition) is 1. The van der Waals surface area contributed by atoms with E-state index in [0.717, 1.165) is 28.2 Å². The lowest BCUT2D eigenvalue weighted by atomic mass is 10.1. The zero-order valence-corrected chi connectivity index (χ0v) is 11.3. The van der Waals surface area contributed by atoms with Crippen molar-refractivity contribution in [3.8, 4) is 22.6 Å². The lowest BCUT2D eigenvalue weighted by Crippen LogP contribution is -1.92. The first-order valence-electron chi connectivity index (χ1n) is 6.86. The lowest BCUT2D eigenvalue weighted by molar-refractivity contribution is 1.20. The van der Waals surface area contributed by atoms with Crippen molar-refractivity contribution in [3.63, 3.8) is 0 Å². The molecule has 0 saturated heterocycles. The minimum absolute atomic E-state index is 0.875. The molecule has 0 aliphatic rings. The first-order valence-corrected chi connectivity index (χ1v) is 6.86. The third-order valence-corrected chi connectivity index (χ3v) is 3.53. The van der Waals surface area contributed by atoms with Crippen molar-refractivity contribution < 1.29 is 0 Å². The van der Waals surface area contributed by atoms with Crippen molar-refractivity contribution in [2.24, 2.45) is 0 Å². The van der Waals surface area contributed by atoms with Crippen LogP contribution in [0.1, 0.15) is 0 Å². The van der Waals surface area contributed by atoms with Gasteiger partial charge in [0.1, 0.15) is 5.69 Å². The average Bonchev–Trinajstić information content (AvgIpc) is 2.99. The molecular formula is C18H13N3. The van der Waals surface area contributed by atoms with E-state index in [9.17, 15) is 0 Å². The second kappa shape index (κ2) is 4.87. The first kappa shape index (κ1) is 11.9. The fourth-order valence-corrected chi connectivity index (χ4v) is 2.54. The van der Waals surface area contributed by atoms with Gasteiger partial charge in [-0.05, 0) is 12.1 Å². The molecule has 0 spiro atoms. The summed E-state index contributed by atoms with van der Waals surface area (Å²) in [5, 5.41) is 1.18. The Balaban J connectivity index is 1.93. The molecule has 3 nitrogen and oxygen atoms in total. The van der Waals surface area contributed by atoms with E-state index >= 15 is 0 Å². The van der Waals surface area contributed by atoms with Gasteiger partial charge in [0.15, 0.2) is 0 Å². The number of rotatable bonds is 2. The van der Waals surface area contributed by atoms with Gasteiger partial charge in [-0.2, -0.15) is 0 Å². The molecule has 100 valence electrons. The van der Waals surface area contributed by atoms with Crippen molar-refractivity contribution >= 4 is 10.9 Å². The molecule has 0 unspecified atom stereocenters. The maximum absolute atomic E-state index is 4.53. The summed E-state index contributed by atoms with van der Waals surface area (Å²) in [6, 6.07) is 20.5. The van der Waals surface area contributed by atoms with Crippen molar-refractivity contribution in [1.29, 1.82) is 0 Å². The molecule has 0 amide bonds. The molecule has 21 heavy (non-hydrogen) atoms. The van der Waals surface area contributed by atoms with Crippen LogP contribution in [-0.2, 0) is 0 Å². The van der Waals surface area contributed by atoms with Crippen LogP contribution in [0.3, 0.4) is 0 Å². The molecular weight excluding hydrogens is 258 g/mol. The highest BCUT2D eigenvalue weighted by Crippen LogP contribution is 2.29. The van der Waals surface area contributed by atoms with Crippen molar-refractivity contribution in [2.45, 2.75) is 0 Å². The van der Waals surface area contributed by atoms with Gasteiger partial charge in [-0.25, -0.2) is 0 Å². The van der Waals surface area contributed by atoms with Crippen molar-refractivity contribution in [3.05, 3.63) is 73.1 Å². The molecule has 0 radical (unpaired) electrons. The number of para-hydroxylation sites is 1. The Bertz CT molecular complexity index is 861. The predicted octanol–water partition coefficient (Wildman–Crippen LogP) is 4.29. The molecule has 0 fully saturated rings. The molecule has 3 heteroatoms. The Kier molecular flexibility index (Phi) is 2.75. The Morgan fingerprint density at radius 1 is 0.714 bits per heavy atom. The number of fused-ring (bicyclic) bond motifs is 1. The second-order valence-electron chi connectivity index (χ2n) is 4.89. The van der Waals surface area contributed by atoms with Crippen LogP contribution in [0, 0.1) is 0 Å². The minimum Gasteiger partial charge on any atom is -0.353 e. The molecule has 0 bridgehead atoms. The van der Waals surface area contributed by atoms with Crippen molar-refractivity contribution in [1.82, 2.24) is 15.0 Å². The van der Waals surface area contributed by atoms with Gasteiger partial charge in [0, 0.05) is 28.9 Å². The Morgan fingerprint density at radius 2 is 1.43 bits per heavy atom. The quantitative estimate of drug-likeness (QED) is 0.591. The van der Waals surface area contributed by atoms with Gasteiger partial charge < -0.3 is 4.98 Å². The number of nitrogens with zero attached hydrogens (tertiary/aromatic N) is 2. The number of nitrogens with one attached hydrogen (secondary N) is 1. The van der Waals surface area contributed by atoms with Crippen LogP contribution in [0.2, 0.25) is 0 Å². The summed E-state index contributed by atoms with van der Waals surface area (Å²) < 4.78 is 0. The zero-order valence-electron chi connectivity index (χ0n) is 11.3. The summed E-state index contributed by atoms with van der Waals surface area (Å²) in [5.41, 5.74) is 4.93. The van der Waals surface area contributed by atoms with Gasteiger partial charge in [-0.3, -0.25) is 9.97 Å². The molecule has 0 aliphatic carbocycles. The van der Waals surface area contributed by atoms with Crippen LogP contribution in [0.5, 0.6) is 0 Å². The fraction of sp³-hybridized carbons (Fsp3) is 0. The Labute approximate surface area is 122 Å². The van der Waals surface area contributed by atoms with E-state index in [0.29, 0.717) is 0 Å². The normalized spacial score (nSPS) is 10.9. The molecule has 0 aliphatic heterocycles. The van der Waals surface area contributed by atoms with Crippen LogP contribution < -0.4 is 0 Å². The first-order chi connectivity index (χ1) is 10.4. The Hall–Kier alpha value is -2.94. The van der Waals surface area contributed by atoms with Gasteiger partial charge in [-0.15, -0.1) is 0 Å². The summed E-state index contributed by atoms with van der Waals surface area (Å²) in [4.78, 5) is 12.5. The summed E-state index contributed by atoms with van der Waals surface area (Å²) in [6.07, 6.45) is 3.46. The summed E-state index contributed by atoms with van der Waals surface area (Å²) >= 11 is 0. The Morgan fingerprint density at radius 3 is 2.24 bits per heavy atom. The number of hydrogen-bond acceptors (Lipinski definition) is 2. The molecule has 0 atom stereocenters. The third-order valence-electron chi connectivity index (χ3n) is 3.53. The summed E-state index contributed by atoms with van der Waals surface area (Å²) in [7, 11) is 0. The van der Waals surface area contributed by atoms with E-state index in [1.807, 2.05) is 30.3 Å². The van der Waals surface area contributed by atoms with Gasteiger partial charge in [-0.1, -0.05) is 48.5 Å². The van der Waals surface area contributed by atoms with E-state index in [1.54, 1.807) is 12.4 Å². The van der Waals surface area contributed by atoms with Crippen LogP contribution in [0.15, 0.2) is 73.1 Å². The maximum atomic E-state index is 4.53. The van der Waals surface area contributed by atoms with E-state index in [-0.39, 0.29) is 0 Å². The van der Waals surface area contributed by atoms with Crippen LogP contribution in [0.25, 0.3) is 33.5 Å². The molecule has 2 aromatic carbocycles. The third kappa shape index (κ3) is 2.09. The van der Waals surface area contributed by atoms with E-state index in [1.165, 1.54) is 5.39 Å². The van der Waals surface area contributed by atoms with Gasteiger partial charge in [0.25, 0.3) is 0 Å². The second-order valence-corrected chi connectivity index (χ2v) is 4.89. The van der Waals surface area contributed by atoms with Gasteiger partial charge in [0.05, 0.1) is 11.4 Å². The minimum atomic E-state index is 0.875.